The molecule has 4 aliphatic rings. The van der Waals surface area contributed by atoms with Crippen molar-refractivity contribution >= 4 is 12.0 Å². The molecule has 0 radical (unpaired) electrons. The van der Waals surface area contributed by atoms with Gasteiger partial charge in [-0.25, -0.2) is 0 Å². The number of aromatic hydroxyl groups is 1. The molecule has 5 atom stereocenters. The molecule has 1 spiro atoms. The zero-order valence-corrected chi connectivity index (χ0v) is 22.0. The summed E-state index contributed by atoms with van der Waals surface area (Å²) < 4.78 is 48.4. The third-order valence-corrected chi connectivity index (χ3v) is 9.65. The second-order valence-corrected chi connectivity index (χ2v) is 11.4. The Morgan fingerprint density at radius 1 is 1.26 bits per heavy atom. The number of alkyl halides is 3. The molecule has 2 aromatic carbocycles. The Labute approximate surface area is 224 Å². The van der Waals surface area contributed by atoms with Crippen molar-refractivity contribution in [1.29, 1.82) is 0 Å². The van der Waals surface area contributed by atoms with Crippen LogP contribution in [0.5, 0.6) is 17.2 Å². The maximum Gasteiger partial charge on any atom is 0.573 e. The van der Waals surface area contributed by atoms with Crippen molar-refractivity contribution in [2.45, 2.75) is 67.7 Å². The Morgan fingerprint density at radius 2 is 2.03 bits per heavy atom. The average molecular weight is 545 g/mol. The van der Waals surface area contributed by atoms with E-state index in [2.05, 4.69) is 9.64 Å². The molecule has 6 rings (SSSR count). The van der Waals surface area contributed by atoms with E-state index in [4.69, 9.17) is 4.74 Å². The Bertz CT molecular complexity index is 1380. The third-order valence-electron chi connectivity index (χ3n) is 9.65. The molecule has 0 aromatic heterocycles. The Kier molecular flexibility index (Phi) is 5.59. The lowest BCUT2D eigenvalue weighted by molar-refractivity contribution is -0.274. The van der Waals surface area contributed by atoms with Gasteiger partial charge in [0.05, 0.1) is 17.1 Å². The molecule has 208 valence electrons. The number of rotatable bonds is 4. The summed E-state index contributed by atoms with van der Waals surface area (Å²) >= 11 is 0. The molecule has 2 heterocycles. The van der Waals surface area contributed by atoms with Crippen LogP contribution in [0.3, 0.4) is 0 Å². The van der Waals surface area contributed by atoms with Gasteiger partial charge < -0.3 is 29.5 Å². The Morgan fingerprint density at radius 3 is 2.77 bits per heavy atom. The SMILES string of the molecule is CN1CC[C@]23c4c5ccc(O)c4O[C@@]2(C)[C@@H](N(C)C(=O)C=Cc2cccc(OC(F)(F)F)c2)CC[C@@]3(O)[C@H]1C5. The van der Waals surface area contributed by atoms with Gasteiger partial charge in [-0.15, -0.1) is 13.2 Å². The maximum atomic E-state index is 13.4. The molecule has 2 bridgehead atoms. The van der Waals surface area contributed by atoms with Gasteiger partial charge in [0.2, 0.25) is 5.91 Å². The van der Waals surface area contributed by atoms with E-state index in [1.54, 1.807) is 24.1 Å². The number of amides is 1. The number of piperidine rings is 1. The normalized spacial score (nSPS) is 33.0. The Hall–Kier alpha value is -3.24. The highest BCUT2D eigenvalue weighted by molar-refractivity contribution is 5.92. The highest BCUT2D eigenvalue weighted by Crippen LogP contribution is 2.69. The predicted octanol–water partition coefficient (Wildman–Crippen LogP) is 4.01. The molecule has 39 heavy (non-hydrogen) atoms. The molecule has 2 aromatic rings. The van der Waals surface area contributed by atoms with Crippen LogP contribution in [-0.2, 0) is 16.6 Å². The quantitative estimate of drug-likeness (QED) is 0.567. The van der Waals surface area contributed by atoms with Crippen molar-refractivity contribution in [1.82, 2.24) is 9.80 Å². The van der Waals surface area contributed by atoms with E-state index in [1.807, 2.05) is 20.0 Å². The first-order valence-electron chi connectivity index (χ1n) is 13.1. The van der Waals surface area contributed by atoms with Crippen LogP contribution in [0.15, 0.2) is 42.5 Å². The number of phenolic OH excluding ortho intramolecular Hbond substituents is 1. The van der Waals surface area contributed by atoms with Crippen LogP contribution in [-0.4, -0.2) is 76.2 Å². The maximum absolute atomic E-state index is 13.4. The third kappa shape index (κ3) is 3.53. The average Bonchev–Trinajstić information content (AvgIpc) is 3.14. The van der Waals surface area contributed by atoms with Gasteiger partial charge in [0, 0.05) is 24.7 Å². The molecule has 1 amide bonds. The van der Waals surface area contributed by atoms with Crippen LogP contribution in [0.25, 0.3) is 6.08 Å². The summed E-state index contributed by atoms with van der Waals surface area (Å²) in [7, 11) is 3.70. The molecular weight excluding hydrogens is 513 g/mol. The van der Waals surface area contributed by atoms with Crippen LogP contribution >= 0.6 is 0 Å². The molecule has 1 saturated heterocycles. The lowest BCUT2D eigenvalue weighted by Gasteiger charge is -2.67. The number of likely N-dealkylation sites (N-methyl/N-ethyl adjacent to an activating group) is 2. The first-order chi connectivity index (χ1) is 18.3. The topological polar surface area (TPSA) is 82.5 Å². The number of likely N-dealkylation sites (tertiary alicyclic amines) is 1. The van der Waals surface area contributed by atoms with E-state index < -0.39 is 29.0 Å². The zero-order chi connectivity index (χ0) is 28.0. The van der Waals surface area contributed by atoms with Gasteiger partial charge in [0.25, 0.3) is 0 Å². The number of benzene rings is 2. The number of hydrogen-bond acceptors (Lipinski definition) is 6. The summed E-state index contributed by atoms with van der Waals surface area (Å²) in [6.07, 6.45) is 0.148. The second-order valence-electron chi connectivity index (χ2n) is 11.4. The zero-order valence-electron chi connectivity index (χ0n) is 22.0. The molecule has 0 unspecified atom stereocenters. The second kappa shape index (κ2) is 8.38. The van der Waals surface area contributed by atoms with E-state index in [1.165, 1.54) is 30.4 Å². The highest BCUT2D eigenvalue weighted by Gasteiger charge is 2.78. The Balaban J connectivity index is 1.34. The van der Waals surface area contributed by atoms with Gasteiger partial charge in [0.15, 0.2) is 11.5 Å². The summed E-state index contributed by atoms with van der Waals surface area (Å²) in [6, 6.07) is 8.39. The molecular formula is C29H31F3N2O5. The first kappa shape index (κ1) is 26.0. The number of carbonyl (C=O) groups excluding carboxylic acids is 1. The van der Waals surface area contributed by atoms with Crippen molar-refractivity contribution in [2.24, 2.45) is 0 Å². The fourth-order valence-corrected chi connectivity index (χ4v) is 8.00. The molecule has 10 heteroatoms. The van der Waals surface area contributed by atoms with E-state index in [0.717, 1.165) is 17.7 Å². The fourth-order valence-electron chi connectivity index (χ4n) is 8.00. The number of aliphatic hydroxyl groups is 1. The van der Waals surface area contributed by atoms with Crippen LogP contribution < -0.4 is 9.47 Å². The van der Waals surface area contributed by atoms with Crippen molar-refractivity contribution in [3.63, 3.8) is 0 Å². The number of ether oxygens (including phenoxy) is 2. The van der Waals surface area contributed by atoms with Crippen LogP contribution in [0, 0.1) is 0 Å². The lowest BCUT2D eigenvalue weighted by Crippen LogP contribution is -2.81. The predicted molar refractivity (Wildman–Crippen MR) is 136 cm³/mol. The van der Waals surface area contributed by atoms with Gasteiger partial charge in [-0.1, -0.05) is 18.2 Å². The van der Waals surface area contributed by atoms with Gasteiger partial charge in [-0.05, 0) is 81.6 Å². The van der Waals surface area contributed by atoms with Crippen LogP contribution in [0.2, 0.25) is 0 Å². The molecule has 2 aliphatic carbocycles. The molecule has 2 aliphatic heterocycles. The van der Waals surface area contributed by atoms with Crippen molar-refractivity contribution in [3.05, 3.63) is 59.2 Å². The summed E-state index contributed by atoms with van der Waals surface area (Å²) in [5, 5.41) is 23.2. The van der Waals surface area contributed by atoms with Crippen molar-refractivity contribution < 1.29 is 37.7 Å². The highest BCUT2D eigenvalue weighted by atomic mass is 19.4. The van der Waals surface area contributed by atoms with E-state index in [9.17, 15) is 28.2 Å². The minimum Gasteiger partial charge on any atom is -0.504 e. The molecule has 2 N–H and O–H groups in total. The largest absolute Gasteiger partial charge is 0.573 e. The molecule has 2 fully saturated rings. The number of nitrogens with zero attached hydrogens (tertiary/aromatic N) is 2. The van der Waals surface area contributed by atoms with Crippen LogP contribution in [0.4, 0.5) is 13.2 Å². The van der Waals surface area contributed by atoms with Gasteiger partial charge in [-0.3, -0.25) is 4.79 Å². The minimum absolute atomic E-state index is 0.0204. The standard InChI is InChI=1S/C29H31F3N2O5/c1-26-21(34(3)23(36)10-7-17-5-4-6-19(15-17)38-29(30,31)32)11-12-28(37)22-16-18-8-9-20(35)25(39-26)24(18)27(26,28)13-14-33(22)2/h4-10,15,21-22,35,37H,11-14,16H2,1-3H3/t21-,22+,26-,27-,28+/m0/s1. The van der Waals surface area contributed by atoms with E-state index >= 15 is 0 Å². The van der Waals surface area contributed by atoms with E-state index in [-0.39, 0.29) is 23.4 Å². The van der Waals surface area contributed by atoms with Crippen molar-refractivity contribution in [3.8, 4) is 17.2 Å². The number of hydrogen-bond donors (Lipinski definition) is 2. The van der Waals surface area contributed by atoms with Gasteiger partial charge in [-0.2, -0.15) is 0 Å². The summed E-state index contributed by atoms with van der Waals surface area (Å²) in [5.74, 6) is -0.312. The minimum atomic E-state index is -4.81. The monoisotopic (exact) mass is 544 g/mol. The number of phenols is 1. The summed E-state index contributed by atoms with van der Waals surface area (Å²) in [5.41, 5.74) is -0.651. The smallest absolute Gasteiger partial charge is 0.504 e. The van der Waals surface area contributed by atoms with Gasteiger partial charge >= 0.3 is 6.36 Å². The number of halogens is 3. The van der Waals surface area contributed by atoms with Crippen LogP contribution in [0.1, 0.15) is 42.9 Å². The number of carbonyl (C=O) groups is 1. The lowest BCUT2D eigenvalue weighted by atomic mass is 9.44. The van der Waals surface area contributed by atoms with E-state index in [0.29, 0.717) is 37.0 Å². The molecule has 7 nitrogen and oxygen atoms in total. The summed E-state index contributed by atoms with van der Waals surface area (Å²) in [6.45, 7) is 2.67. The molecule has 1 saturated carbocycles. The fraction of sp³-hybridized carbons (Fsp3) is 0.483. The first-order valence-corrected chi connectivity index (χ1v) is 13.1. The summed E-state index contributed by atoms with van der Waals surface area (Å²) in [4.78, 5) is 17.2. The van der Waals surface area contributed by atoms with Gasteiger partial charge in [0.1, 0.15) is 11.4 Å². The van der Waals surface area contributed by atoms with Crippen molar-refractivity contribution in [2.75, 3.05) is 20.6 Å².